The molecule has 0 radical (unpaired) electrons. The summed E-state index contributed by atoms with van der Waals surface area (Å²) < 4.78 is 5.47. The number of para-hydroxylation sites is 1. The summed E-state index contributed by atoms with van der Waals surface area (Å²) in [4.78, 5) is 11.8. The molecule has 1 heterocycles. The number of aromatic amines is 1. The van der Waals surface area contributed by atoms with Gasteiger partial charge in [-0.1, -0.05) is 28.9 Å². The van der Waals surface area contributed by atoms with E-state index >= 15 is 0 Å². The summed E-state index contributed by atoms with van der Waals surface area (Å²) in [5.74, 6) is 0.578. The van der Waals surface area contributed by atoms with E-state index < -0.39 is 6.10 Å². The second-order valence-electron chi connectivity index (χ2n) is 3.74. The molecule has 0 aliphatic carbocycles. The van der Waals surface area contributed by atoms with Crippen LogP contribution in [0.1, 0.15) is 12.7 Å². The van der Waals surface area contributed by atoms with Crippen LogP contribution in [-0.4, -0.2) is 32.6 Å². The fraction of sp³-hybridized carbons (Fsp3) is 0.273. The summed E-state index contributed by atoms with van der Waals surface area (Å²) in [6, 6.07) is 6.97. The van der Waals surface area contributed by atoms with Gasteiger partial charge in [-0.2, -0.15) is 5.21 Å². The van der Waals surface area contributed by atoms with Crippen molar-refractivity contribution in [2.45, 2.75) is 19.6 Å². The Balaban J connectivity index is 1.87. The van der Waals surface area contributed by atoms with Gasteiger partial charge in [0, 0.05) is 0 Å². The van der Waals surface area contributed by atoms with Gasteiger partial charge in [-0.25, -0.2) is 0 Å². The maximum atomic E-state index is 11.8. The highest BCUT2D eigenvalue weighted by atomic mass is 35.5. The van der Waals surface area contributed by atoms with Gasteiger partial charge < -0.3 is 10.1 Å². The first-order chi connectivity index (χ1) is 9.16. The van der Waals surface area contributed by atoms with Crippen LogP contribution in [0, 0.1) is 0 Å². The van der Waals surface area contributed by atoms with E-state index in [4.69, 9.17) is 16.3 Å². The molecule has 2 N–H and O–H groups in total. The van der Waals surface area contributed by atoms with E-state index in [1.165, 1.54) is 0 Å². The Morgan fingerprint density at radius 3 is 3.00 bits per heavy atom. The summed E-state index contributed by atoms with van der Waals surface area (Å²) >= 11 is 5.94. The van der Waals surface area contributed by atoms with Crippen LogP contribution in [0.2, 0.25) is 5.02 Å². The Kier molecular flexibility index (Phi) is 4.30. The maximum absolute atomic E-state index is 11.8. The molecule has 7 nitrogen and oxygen atoms in total. The molecule has 0 saturated heterocycles. The standard InChI is InChI=1S/C11H12ClN5O2/c1-7(19-9-5-3-2-4-8(9)12)11(18)13-6-10-14-16-17-15-10/h2-5,7H,6H2,1H3,(H,13,18)(H,14,15,16,17). The third-order valence-corrected chi connectivity index (χ3v) is 2.63. The smallest absolute Gasteiger partial charge is 0.261 e. The molecule has 8 heteroatoms. The van der Waals surface area contributed by atoms with Crippen molar-refractivity contribution in [3.8, 4) is 5.75 Å². The van der Waals surface area contributed by atoms with Crippen molar-refractivity contribution < 1.29 is 9.53 Å². The minimum Gasteiger partial charge on any atom is -0.479 e. The van der Waals surface area contributed by atoms with E-state index in [1.54, 1.807) is 31.2 Å². The first kappa shape index (κ1) is 13.3. The number of halogens is 1. The van der Waals surface area contributed by atoms with Gasteiger partial charge in [0.25, 0.3) is 5.91 Å². The highest BCUT2D eigenvalue weighted by Gasteiger charge is 2.16. The lowest BCUT2D eigenvalue weighted by Crippen LogP contribution is -2.36. The van der Waals surface area contributed by atoms with Crippen LogP contribution in [0.3, 0.4) is 0 Å². The van der Waals surface area contributed by atoms with Crippen LogP contribution in [0.15, 0.2) is 24.3 Å². The number of carbonyl (C=O) groups is 1. The summed E-state index contributed by atoms with van der Waals surface area (Å²) in [5.41, 5.74) is 0. The molecule has 1 unspecified atom stereocenters. The predicted octanol–water partition coefficient (Wildman–Crippen LogP) is 0.937. The van der Waals surface area contributed by atoms with Crippen molar-refractivity contribution >= 4 is 17.5 Å². The number of rotatable bonds is 5. The van der Waals surface area contributed by atoms with E-state index in [0.29, 0.717) is 16.6 Å². The molecule has 0 aliphatic heterocycles. The van der Waals surface area contributed by atoms with E-state index in [1.807, 2.05) is 0 Å². The van der Waals surface area contributed by atoms with Crippen molar-refractivity contribution in [1.82, 2.24) is 25.9 Å². The lowest BCUT2D eigenvalue weighted by atomic mass is 10.3. The van der Waals surface area contributed by atoms with Crippen LogP contribution in [0.25, 0.3) is 0 Å². The minimum absolute atomic E-state index is 0.186. The number of nitrogens with one attached hydrogen (secondary N) is 2. The molecule has 0 aliphatic rings. The number of amides is 1. The second-order valence-corrected chi connectivity index (χ2v) is 4.14. The van der Waals surface area contributed by atoms with Crippen LogP contribution < -0.4 is 10.1 Å². The van der Waals surface area contributed by atoms with Crippen molar-refractivity contribution in [2.24, 2.45) is 0 Å². The fourth-order valence-electron chi connectivity index (χ4n) is 1.35. The number of benzene rings is 1. The van der Waals surface area contributed by atoms with E-state index in [0.717, 1.165) is 0 Å². The quantitative estimate of drug-likeness (QED) is 0.851. The minimum atomic E-state index is -0.674. The van der Waals surface area contributed by atoms with Gasteiger partial charge in [-0.05, 0) is 19.1 Å². The summed E-state index contributed by atoms with van der Waals surface area (Å²) in [6.45, 7) is 1.82. The molecular formula is C11H12ClN5O2. The number of hydrogen-bond acceptors (Lipinski definition) is 5. The van der Waals surface area contributed by atoms with Gasteiger partial charge >= 0.3 is 0 Å². The van der Waals surface area contributed by atoms with Crippen LogP contribution in [0.4, 0.5) is 0 Å². The third kappa shape index (κ3) is 3.65. The molecule has 0 saturated carbocycles. The number of H-pyrrole nitrogens is 1. The number of tetrazole rings is 1. The van der Waals surface area contributed by atoms with Crippen molar-refractivity contribution in [2.75, 3.05) is 0 Å². The average molecular weight is 282 g/mol. The van der Waals surface area contributed by atoms with Gasteiger partial charge in [0.05, 0.1) is 11.6 Å². The lowest BCUT2D eigenvalue weighted by molar-refractivity contribution is -0.127. The number of aromatic nitrogens is 4. The molecule has 2 aromatic rings. The Morgan fingerprint density at radius 1 is 1.53 bits per heavy atom. The van der Waals surface area contributed by atoms with Gasteiger partial charge in [0.2, 0.25) is 0 Å². The van der Waals surface area contributed by atoms with E-state index in [9.17, 15) is 4.79 Å². The molecule has 100 valence electrons. The zero-order valence-electron chi connectivity index (χ0n) is 10.1. The van der Waals surface area contributed by atoms with E-state index in [-0.39, 0.29) is 12.5 Å². The van der Waals surface area contributed by atoms with Gasteiger partial charge in [0.1, 0.15) is 5.75 Å². The molecule has 1 amide bonds. The van der Waals surface area contributed by atoms with Gasteiger partial charge in [-0.3, -0.25) is 4.79 Å². The Hall–Kier alpha value is -2.15. The van der Waals surface area contributed by atoms with Crippen molar-refractivity contribution in [3.05, 3.63) is 35.1 Å². The number of carbonyl (C=O) groups excluding carboxylic acids is 1. The fourth-order valence-corrected chi connectivity index (χ4v) is 1.53. The van der Waals surface area contributed by atoms with Crippen LogP contribution >= 0.6 is 11.6 Å². The molecule has 2 rings (SSSR count). The van der Waals surface area contributed by atoms with E-state index in [2.05, 4.69) is 25.9 Å². The second kappa shape index (κ2) is 6.14. The van der Waals surface area contributed by atoms with Crippen molar-refractivity contribution in [1.29, 1.82) is 0 Å². The molecular weight excluding hydrogens is 270 g/mol. The average Bonchev–Trinajstić information content (AvgIpc) is 2.91. The van der Waals surface area contributed by atoms with Gasteiger partial charge in [0.15, 0.2) is 11.9 Å². The molecule has 1 aromatic carbocycles. The maximum Gasteiger partial charge on any atom is 0.261 e. The summed E-state index contributed by atoms with van der Waals surface area (Å²) in [5, 5.41) is 16.2. The Bertz CT molecular complexity index is 546. The predicted molar refractivity (Wildman–Crippen MR) is 67.6 cm³/mol. The molecule has 1 atom stereocenters. The number of nitrogens with zero attached hydrogens (tertiary/aromatic N) is 3. The van der Waals surface area contributed by atoms with Crippen LogP contribution in [-0.2, 0) is 11.3 Å². The molecule has 19 heavy (non-hydrogen) atoms. The SMILES string of the molecule is CC(Oc1ccccc1Cl)C(=O)NCc1nn[nH]n1. The first-order valence-corrected chi connectivity index (χ1v) is 5.96. The summed E-state index contributed by atoms with van der Waals surface area (Å²) in [7, 11) is 0. The zero-order chi connectivity index (χ0) is 13.7. The zero-order valence-corrected chi connectivity index (χ0v) is 10.9. The largest absolute Gasteiger partial charge is 0.479 e. The first-order valence-electron chi connectivity index (χ1n) is 5.58. The normalized spacial score (nSPS) is 11.9. The topological polar surface area (TPSA) is 92.8 Å². The van der Waals surface area contributed by atoms with Crippen LogP contribution in [0.5, 0.6) is 5.75 Å². The molecule has 0 fully saturated rings. The molecule has 0 bridgehead atoms. The lowest BCUT2D eigenvalue weighted by Gasteiger charge is -2.14. The highest BCUT2D eigenvalue weighted by Crippen LogP contribution is 2.24. The Morgan fingerprint density at radius 2 is 2.32 bits per heavy atom. The number of ether oxygens (including phenoxy) is 1. The van der Waals surface area contributed by atoms with Gasteiger partial charge in [-0.15, -0.1) is 10.2 Å². The summed E-state index contributed by atoms with van der Waals surface area (Å²) in [6.07, 6.45) is -0.674. The third-order valence-electron chi connectivity index (χ3n) is 2.32. The molecule has 1 aromatic heterocycles. The molecule has 0 spiro atoms. The monoisotopic (exact) mass is 281 g/mol. The van der Waals surface area contributed by atoms with Crippen molar-refractivity contribution in [3.63, 3.8) is 0 Å². The Labute approximate surface area is 114 Å². The number of hydrogen-bond donors (Lipinski definition) is 2. The highest BCUT2D eigenvalue weighted by molar-refractivity contribution is 6.32.